The van der Waals surface area contributed by atoms with Crippen molar-refractivity contribution in [1.29, 1.82) is 0 Å². The molecule has 0 radical (unpaired) electrons. The second-order valence-electron chi connectivity index (χ2n) is 5.52. The van der Waals surface area contributed by atoms with Crippen LogP contribution in [0.15, 0.2) is 24.3 Å². The van der Waals surface area contributed by atoms with Gasteiger partial charge in [0.25, 0.3) is 0 Å². The molecule has 0 bridgehead atoms. The van der Waals surface area contributed by atoms with Gasteiger partial charge in [-0.1, -0.05) is 42.7 Å². The van der Waals surface area contributed by atoms with Crippen LogP contribution in [0.1, 0.15) is 36.8 Å². The lowest BCUT2D eigenvalue weighted by atomic mass is 10.1. The summed E-state index contributed by atoms with van der Waals surface area (Å²) in [6, 6.07) is 8.42. The molecule has 1 aromatic rings. The number of nitrogens with one attached hydrogen (secondary N) is 2. The molecule has 0 aromatic heterocycles. The molecular weight excluding hydrogens is 236 g/mol. The zero-order valence-electron chi connectivity index (χ0n) is 11.7. The molecule has 3 heteroatoms. The van der Waals surface area contributed by atoms with E-state index in [0.717, 1.165) is 13.0 Å². The smallest absolute Gasteiger partial charge is 0.314 e. The Hall–Kier alpha value is -1.51. The zero-order valence-corrected chi connectivity index (χ0v) is 11.7. The molecule has 0 atom stereocenters. The average molecular weight is 260 g/mol. The molecule has 1 aliphatic rings. The monoisotopic (exact) mass is 260 g/mol. The number of hydrogen-bond donors (Lipinski definition) is 2. The van der Waals surface area contributed by atoms with Gasteiger partial charge < -0.3 is 10.6 Å². The van der Waals surface area contributed by atoms with Crippen LogP contribution in [0.2, 0.25) is 0 Å². The van der Waals surface area contributed by atoms with Crippen molar-refractivity contribution in [3.8, 4) is 0 Å². The first kappa shape index (κ1) is 13.9. The third-order valence-electron chi connectivity index (χ3n) is 3.85. The van der Waals surface area contributed by atoms with E-state index in [4.69, 9.17) is 0 Å². The van der Waals surface area contributed by atoms with Crippen LogP contribution in [0.3, 0.4) is 0 Å². The number of rotatable bonds is 5. The molecule has 0 heterocycles. The van der Waals surface area contributed by atoms with E-state index in [1.165, 1.54) is 36.8 Å². The molecule has 1 fully saturated rings. The van der Waals surface area contributed by atoms with Gasteiger partial charge >= 0.3 is 6.03 Å². The Labute approximate surface area is 115 Å². The molecule has 19 heavy (non-hydrogen) atoms. The lowest BCUT2D eigenvalue weighted by molar-refractivity contribution is 0.239. The second-order valence-corrected chi connectivity index (χ2v) is 5.52. The van der Waals surface area contributed by atoms with Crippen molar-refractivity contribution in [1.82, 2.24) is 10.6 Å². The summed E-state index contributed by atoms with van der Waals surface area (Å²) in [7, 11) is 0. The highest BCUT2D eigenvalue weighted by molar-refractivity contribution is 5.73. The molecule has 0 unspecified atom stereocenters. The first-order chi connectivity index (χ1) is 9.24. The van der Waals surface area contributed by atoms with E-state index >= 15 is 0 Å². The van der Waals surface area contributed by atoms with Gasteiger partial charge in [0, 0.05) is 13.1 Å². The Morgan fingerprint density at radius 1 is 1.16 bits per heavy atom. The fraction of sp³-hybridized carbons (Fsp3) is 0.562. The first-order valence-corrected chi connectivity index (χ1v) is 7.31. The summed E-state index contributed by atoms with van der Waals surface area (Å²) in [4.78, 5) is 11.6. The van der Waals surface area contributed by atoms with E-state index in [1.807, 2.05) is 0 Å². The number of hydrogen-bond acceptors (Lipinski definition) is 1. The predicted molar refractivity (Wildman–Crippen MR) is 78.2 cm³/mol. The van der Waals surface area contributed by atoms with Gasteiger partial charge in [0.05, 0.1) is 0 Å². The molecule has 1 aliphatic carbocycles. The van der Waals surface area contributed by atoms with E-state index < -0.39 is 0 Å². The lowest BCUT2D eigenvalue weighted by Gasteiger charge is -2.11. The zero-order chi connectivity index (χ0) is 13.5. The minimum atomic E-state index is -0.0287. The number of carbonyl (C=O) groups excluding carboxylic acids is 1. The second kappa shape index (κ2) is 7.17. The molecular formula is C16H24N2O. The summed E-state index contributed by atoms with van der Waals surface area (Å²) in [5, 5.41) is 5.89. The van der Waals surface area contributed by atoms with Gasteiger partial charge in [0.2, 0.25) is 0 Å². The maximum absolute atomic E-state index is 11.6. The van der Waals surface area contributed by atoms with Crippen molar-refractivity contribution in [2.75, 3.05) is 13.1 Å². The molecule has 0 aliphatic heterocycles. The van der Waals surface area contributed by atoms with Crippen LogP contribution in [0.5, 0.6) is 0 Å². The van der Waals surface area contributed by atoms with Gasteiger partial charge in [0.1, 0.15) is 0 Å². The van der Waals surface area contributed by atoms with E-state index in [-0.39, 0.29) is 6.03 Å². The summed E-state index contributed by atoms with van der Waals surface area (Å²) in [6.45, 7) is 3.61. The van der Waals surface area contributed by atoms with Crippen molar-refractivity contribution in [2.45, 2.75) is 39.0 Å². The topological polar surface area (TPSA) is 41.1 Å². The van der Waals surface area contributed by atoms with Crippen LogP contribution in [0.4, 0.5) is 4.79 Å². The van der Waals surface area contributed by atoms with Gasteiger partial charge in [-0.05, 0) is 37.7 Å². The molecule has 1 saturated carbocycles. The quantitative estimate of drug-likeness (QED) is 0.839. The van der Waals surface area contributed by atoms with Crippen LogP contribution in [0.25, 0.3) is 0 Å². The number of aryl methyl sites for hydroxylation is 1. The normalized spacial score (nSPS) is 15.4. The Bertz CT molecular complexity index is 394. The molecule has 2 N–H and O–H groups in total. The van der Waals surface area contributed by atoms with Crippen LogP contribution in [-0.4, -0.2) is 19.1 Å². The van der Waals surface area contributed by atoms with E-state index in [0.29, 0.717) is 12.5 Å². The Morgan fingerprint density at radius 3 is 2.53 bits per heavy atom. The molecule has 2 rings (SSSR count). The number of benzene rings is 1. The predicted octanol–water partition coefficient (Wildman–Crippen LogP) is 3.03. The number of urea groups is 1. The number of carbonyl (C=O) groups is 1. The minimum absolute atomic E-state index is 0.0287. The highest BCUT2D eigenvalue weighted by Gasteiger charge is 2.15. The summed E-state index contributed by atoms with van der Waals surface area (Å²) in [5.74, 6) is 0.697. The van der Waals surface area contributed by atoms with E-state index in [9.17, 15) is 4.79 Å². The first-order valence-electron chi connectivity index (χ1n) is 7.31. The van der Waals surface area contributed by atoms with Gasteiger partial charge in [-0.3, -0.25) is 0 Å². The van der Waals surface area contributed by atoms with E-state index in [1.54, 1.807) is 0 Å². The average Bonchev–Trinajstić information content (AvgIpc) is 2.92. The molecule has 3 nitrogen and oxygen atoms in total. The van der Waals surface area contributed by atoms with Crippen molar-refractivity contribution < 1.29 is 4.79 Å². The lowest BCUT2D eigenvalue weighted by Crippen LogP contribution is -2.38. The maximum atomic E-state index is 11.6. The highest BCUT2D eigenvalue weighted by Crippen LogP contribution is 2.23. The van der Waals surface area contributed by atoms with Crippen molar-refractivity contribution in [3.63, 3.8) is 0 Å². The van der Waals surface area contributed by atoms with Crippen molar-refractivity contribution in [2.24, 2.45) is 5.92 Å². The summed E-state index contributed by atoms with van der Waals surface area (Å²) in [6.07, 6.45) is 6.06. The Balaban J connectivity index is 1.59. The van der Waals surface area contributed by atoms with Gasteiger partial charge in [-0.2, -0.15) is 0 Å². The molecule has 104 valence electrons. The highest BCUT2D eigenvalue weighted by atomic mass is 16.2. The van der Waals surface area contributed by atoms with Crippen LogP contribution >= 0.6 is 0 Å². The number of amides is 2. The van der Waals surface area contributed by atoms with Crippen molar-refractivity contribution >= 4 is 6.03 Å². The molecule has 1 aromatic carbocycles. The minimum Gasteiger partial charge on any atom is -0.338 e. The van der Waals surface area contributed by atoms with E-state index in [2.05, 4.69) is 41.8 Å². The van der Waals surface area contributed by atoms with Gasteiger partial charge in [-0.25, -0.2) is 4.79 Å². The van der Waals surface area contributed by atoms with Crippen LogP contribution < -0.4 is 10.6 Å². The van der Waals surface area contributed by atoms with Crippen LogP contribution in [-0.2, 0) is 6.42 Å². The molecule has 0 saturated heterocycles. The third kappa shape index (κ3) is 4.93. The fourth-order valence-corrected chi connectivity index (χ4v) is 2.59. The SMILES string of the molecule is Cc1ccc(CCNC(=O)NCC2CCCC2)cc1. The third-order valence-corrected chi connectivity index (χ3v) is 3.85. The summed E-state index contributed by atoms with van der Waals surface area (Å²) >= 11 is 0. The fourth-order valence-electron chi connectivity index (χ4n) is 2.59. The Morgan fingerprint density at radius 2 is 1.84 bits per heavy atom. The van der Waals surface area contributed by atoms with Gasteiger partial charge in [-0.15, -0.1) is 0 Å². The standard InChI is InChI=1S/C16H24N2O/c1-13-6-8-14(9-7-13)10-11-17-16(19)18-12-15-4-2-3-5-15/h6-9,15H,2-5,10-12H2,1H3,(H2,17,18,19). The largest absolute Gasteiger partial charge is 0.338 e. The van der Waals surface area contributed by atoms with Crippen LogP contribution in [0, 0.1) is 12.8 Å². The van der Waals surface area contributed by atoms with Gasteiger partial charge in [0.15, 0.2) is 0 Å². The van der Waals surface area contributed by atoms with Crippen molar-refractivity contribution in [3.05, 3.63) is 35.4 Å². The molecule has 2 amide bonds. The maximum Gasteiger partial charge on any atom is 0.314 e. The summed E-state index contributed by atoms with van der Waals surface area (Å²) in [5.41, 5.74) is 2.53. The Kier molecular flexibility index (Phi) is 5.25. The molecule has 0 spiro atoms. The summed E-state index contributed by atoms with van der Waals surface area (Å²) < 4.78 is 0.